The Morgan fingerprint density at radius 3 is 2.47 bits per heavy atom. The van der Waals surface area contributed by atoms with Crippen molar-refractivity contribution < 1.29 is 9.53 Å². The average molecular weight is 328 g/mol. The molecule has 0 spiro atoms. The minimum absolute atomic E-state index is 0.119. The zero-order valence-electron chi connectivity index (χ0n) is 11.8. The van der Waals surface area contributed by atoms with Gasteiger partial charge in [-0.3, -0.25) is 10.1 Å². The number of benzene rings is 1. The van der Waals surface area contributed by atoms with Gasteiger partial charge in [0.1, 0.15) is 6.04 Å². The van der Waals surface area contributed by atoms with Gasteiger partial charge in [-0.1, -0.05) is 41.4 Å². The number of hydrogen-bond acceptors (Lipinski definition) is 3. The Balaban J connectivity index is 2.67. The van der Waals surface area contributed by atoms with Crippen molar-refractivity contribution in [1.29, 1.82) is 0 Å². The maximum Gasteiger partial charge on any atom is 0.323 e. The molecule has 1 N–H and O–H groups in total. The summed E-state index contributed by atoms with van der Waals surface area (Å²) in [5.74, 6) is -0.159. The molecule has 0 heterocycles. The van der Waals surface area contributed by atoms with E-state index in [1.165, 1.54) is 0 Å². The van der Waals surface area contributed by atoms with Gasteiger partial charge < -0.3 is 4.74 Å². The van der Waals surface area contributed by atoms with E-state index < -0.39 is 0 Å². The summed E-state index contributed by atoms with van der Waals surface area (Å²) in [6.07, 6.45) is 1.74. The summed E-state index contributed by atoms with van der Waals surface area (Å²) in [7, 11) is 0. The van der Waals surface area contributed by atoms with Crippen LogP contribution in [0.15, 0.2) is 28.7 Å². The van der Waals surface area contributed by atoms with Crippen LogP contribution in [-0.4, -0.2) is 18.6 Å². The van der Waals surface area contributed by atoms with Gasteiger partial charge in [0.05, 0.1) is 6.61 Å². The molecule has 0 aromatic heterocycles. The van der Waals surface area contributed by atoms with E-state index in [2.05, 4.69) is 47.2 Å². The zero-order chi connectivity index (χ0) is 14.3. The van der Waals surface area contributed by atoms with Crippen molar-refractivity contribution in [2.24, 2.45) is 0 Å². The highest BCUT2D eigenvalue weighted by atomic mass is 79.9. The number of rotatable bonds is 7. The number of esters is 1. The van der Waals surface area contributed by atoms with Crippen LogP contribution >= 0.6 is 15.9 Å². The predicted molar refractivity (Wildman–Crippen MR) is 81.0 cm³/mol. The topological polar surface area (TPSA) is 38.3 Å². The van der Waals surface area contributed by atoms with E-state index in [1.54, 1.807) is 0 Å². The summed E-state index contributed by atoms with van der Waals surface area (Å²) >= 11 is 3.42. The van der Waals surface area contributed by atoms with Gasteiger partial charge in [-0.25, -0.2) is 0 Å². The third-order valence-corrected chi connectivity index (χ3v) is 3.50. The Labute approximate surface area is 123 Å². The first-order chi connectivity index (χ1) is 9.08. The largest absolute Gasteiger partial charge is 0.465 e. The number of carbonyl (C=O) groups is 1. The van der Waals surface area contributed by atoms with Gasteiger partial charge >= 0.3 is 5.97 Å². The molecule has 0 fully saturated rings. The lowest BCUT2D eigenvalue weighted by Gasteiger charge is -2.22. The quantitative estimate of drug-likeness (QED) is 0.773. The minimum Gasteiger partial charge on any atom is -0.465 e. The fourth-order valence-corrected chi connectivity index (χ4v) is 2.21. The molecule has 1 unspecified atom stereocenters. The molecule has 0 radical (unpaired) electrons. The second-order valence-corrected chi connectivity index (χ2v) is 5.45. The summed E-state index contributed by atoms with van der Waals surface area (Å²) in [6, 6.07) is 8.00. The van der Waals surface area contributed by atoms with Crippen LogP contribution in [0.1, 0.15) is 45.2 Å². The first-order valence-corrected chi connectivity index (χ1v) is 7.55. The van der Waals surface area contributed by atoms with Crippen LogP contribution in [0.3, 0.4) is 0 Å². The van der Waals surface area contributed by atoms with Gasteiger partial charge in [0.25, 0.3) is 0 Å². The van der Waals surface area contributed by atoms with Crippen molar-refractivity contribution in [3.63, 3.8) is 0 Å². The molecule has 0 bridgehead atoms. The van der Waals surface area contributed by atoms with Gasteiger partial charge in [-0.15, -0.1) is 0 Å². The number of ether oxygens (including phenoxy) is 1. The highest BCUT2D eigenvalue weighted by Crippen LogP contribution is 2.18. The van der Waals surface area contributed by atoms with Crippen molar-refractivity contribution in [1.82, 2.24) is 5.32 Å². The number of nitrogens with one attached hydrogen (secondary N) is 1. The SMILES string of the molecule is CCCC(N[C@@H](C)c1ccc(Br)cc1)C(=O)OCC. The molecule has 1 aromatic rings. The molecule has 0 saturated carbocycles. The lowest BCUT2D eigenvalue weighted by atomic mass is 10.1. The molecule has 2 atom stereocenters. The van der Waals surface area contributed by atoms with Crippen molar-refractivity contribution in [2.45, 2.75) is 45.7 Å². The molecule has 4 heteroatoms. The third-order valence-electron chi connectivity index (χ3n) is 2.97. The normalized spacial score (nSPS) is 13.9. The van der Waals surface area contributed by atoms with Crippen LogP contribution in [0.2, 0.25) is 0 Å². The second kappa shape index (κ2) is 8.33. The predicted octanol–water partition coefficient (Wildman–Crippen LogP) is 3.83. The first kappa shape index (κ1) is 16.2. The molecule has 106 valence electrons. The summed E-state index contributed by atoms with van der Waals surface area (Å²) in [5, 5.41) is 3.35. The second-order valence-electron chi connectivity index (χ2n) is 4.53. The number of carbonyl (C=O) groups excluding carboxylic acids is 1. The van der Waals surface area contributed by atoms with Gasteiger partial charge in [-0.2, -0.15) is 0 Å². The van der Waals surface area contributed by atoms with Crippen molar-refractivity contribution >= 4 is 21.9 Å². The van der Waals surface area contributed by atoms with Crippen LogP contribution in [-0.2, 0) is 9.53 Å². The maximum atomic E-state index is 11.9. The maximum absolute atomic E-state index is 11.9. The van der Waals surface area contributed by atoms with Gasteiger partial charge in [-0.05, 0) is 38.0 Å². The number of halogens is 1. The summed E-state index contributed by atoms with van der Waals surface area (Å²) in [6.45, 7) is 6.38. The third kappa shape index (κ3) is 5.33. The van der Waals surface area contributed by atoms with Crippen LogP contribution < -0.4 is 5.32 Å². The molecular formula is C15H22BrNO2. The molecule has 0 aliphatic heterocycles. The molecular weight excluding hydrogens is 306 g/mol. The number of hydrogen-bond donors (Lipinski definition) is 1. The summed E-state index contributed by atoms with van der Waals surface area (Å²) in [4.78, 5) is 11.9. The fourth-order valence-electron chi connectivity index (χ4n) is 1.95. The Bertz CT molecular complexity index is 392. The Morgan fingerprint density at radius 2 is 1.95 bits per heavy atom. The molecule has 19 heavy (non-hydrogen) atoms. The lowest BCUT2D eigenvalue weighted by Crippen LogP contribution is -2.39. The minimum atomic E-state index is -0.233. The lowest BCUT2D eigenvalue weighted by molar-refractivity contribution is -0.146. The Kier molecular flexibility index (Phi) is 7.10. The van der Waals surface area contributed by atoms with E-state index in [9.17, 15) is 4.79 Å². The zero-order valence-corrected chi connectivity index (χ0v) is 13.4. The smallest absolute Gasteiger partial charge is 0.323 e. The van der Waals surface area contributed by atoms with E-state index in [-0.39, 0.29) is 18.1 Å². The van der Waals surface area contributed by atoms with E-state index in [0.717, 1.165) is 22.9 Å². The molecule has 1 rings (SSSR count). The summed E-state index contributed by atoms with van der Waals surface area (Å²) in [5.41, 5.74) is 1.16. The van der Waals surface area contributed by atoms with E-state index in [4.69, 9.17) is 4.74 Å². The Hall–Kier alpha value is -0.870. The standard InChI is InChI=1S/C15H22BrNO2/c1-4-6-14(15(18)19-5-2)17-11(3)12-7-9-13(16)10-8-12/h7-11,14,17H,4-6H2,1-3H3/t11-,14?/m0/s1. The fraction of sp³-hybridized carbons (Fsp3) is 0.533. The van der Waals surface area contributed by atoms with Crippen LogP contribution in [0.5, 0.6) is 0 Å². The molecule has 0 aliphatic rings. The van der Waals surface area contributed by atoms with Crippen LogP contribution in [0, 0.1) is 0 Å². The van der Waals surface area contributed by atoms with Crippen LogP contribution in [0.4, 0.5) is 0 Å². The van der Waals surface area contributed by atoms with Crippen LogP contribution in [0.25, 0.3) is 0 Å². The van der Waals surface area contributed by atoms with E-state index >= 15 is 0 Å². The van der Waals surface area contributed by atoms with Gasteiger partial charge in [0, 0.05) is 10.5 Å². The molecule has 3 nitrogen and oxygen atoms in total. The summed E-state index contributed by atoms with van der Waals surface area (Å²) < 4.78 is 6.16. The van der Waals surface area contributed by atoms with E-state index in [1.807, 2.05) is 19.1 Å². The molecule has 0 aliphatic carbocycles. The molecule has 1 aromatic carbocycles. The van der Waals surface area contributed by atoms with E-state index in [0.29, 0.717) is 6.61 Å². The average Bonchev–Trinajstić information content (AvgIpc) is 2.39. The highest BCUT2D eigenvalue weighted by molar-refractivity contribution is 9.10. The Morgan fingerprint density at radius 1 is 1.32 bits per heavy atom. The molecule has 0 saturated heterocycles. The first-order valence-electron chi connectivity index (χ1n) is 6.76. The van der Waals surface area contributed by atoms with Crippen molar-refractivity contribution in [3.05, 3.63) is 34.3 Å². The van der Waals surface area contributed by atoms with Gasteiger partial charge in [0.2, 0.25) is 0 Å². The monoisotopic (exact) mass is 327 g/mol. The van der Waals surface area contributed by atoms with Crippen molar-refractivity contribution in [2.75, 3.05) is 6.61 Å². The highest BCUT2D eigenvalue weighted by Gasteiger charge is 2.21. The van der Waals surface area contributed by atoms with Crippen molar-refractivity contribution in [3.8, 4) is 0 Å². The molecule has 0 amide bonds. The van der Waals surface area contributed by atoms with Gasteiger partial charge in [0.15, 0.2) is 0 Å².